The lowest BCUT2D eigenvalue weighted by Crippen LogP contribution is -2.42. The second-order valence-electron chi connectivity index (χ2n) is 6.18. The van der Waals surface area contributed by atoms with E-state index in [0.29, 0.717) is 0 Å². The molecule has 1 aliphatic heterocycles. The fraction of sp³-hybridized carbons (Fsp3) is 0.538. The number of nitrogens with two attached hydrogens (primary N) is 1. The van der Waals surface area contributed by atoms with Crippen molar-refractivity contribution < 1.29 is 58.4 Å². The first-order valence-corrected chi connectivity index (χ1v) is 9.64. The first kappa shape index (κ1) is 23.7. The van der Waals surface area contributed by atoms with Crippen molar-refractivity contribution in [1.82, 2.24) is 14.9 Å². The van der Waals surface area contributed by atoms with Gasteiger partial charge >= 0.3 is 19.8 Å². The maximum atomic E-state index is 12.2. The Hall–Kier alpha value is -2.59. The van der Waals surface area contributed by atoms with Gasteiger partial charge in [0.1, 0.15) is 30.2 Å². The number of nitrogens with one attached hydrogen (secondary N) is 1. The predicted molar refractivity (Wildman–Crippen MR) is 91.7 cm³/mol. The Balaban J connectivity index is 2.16. The molecule has 1 saturated heterocycles. The van der Waals surface area contributed by atoms with Gasteiger partial charge in [-0.3, -0.25) is 18.7 Å². The number of ether oxygens (including phenoxy) is 1. The molecule has 2 unspecified atom stereocenters. The highest BCUT2D eigenvalue weighted by Gasteiger charge is 2.45. The minimum absolute atomic E-state index is 0.417. The number of carbonyl (C=O) groups is 3. The minimum Gasteiger partial charge on any atom is -0.481 e. The number of phosphoric acid groups is 1. The number of hydrogen-bond acceptors (Lipinski definition) is 10. The molecule has 30 heavy (non-hydrogen) atoms. The Bertz CT molecular complexity index is 868. The molecule has 0 bridgehead atoms. The Kier molecular flexibility index (Phi) is 7.14. The topological polar surface area (TPSA) is 264 Å². The molecule has 1 amide bonds. The van der Waals surface area contributed by atoms with Gasteiger partial charge in [-0.15, -0.1) is 0 Å². The molecule has 16 nitrogen and oxygen atoms in total. The third-order valence-corrected chi connectivity index (χ3v) is 4.53. The first-order chi connectivity index (χ1) is 13.8. The Morgan fingerprint density at radius 1 is 1.30 bits per heavy atom. The van der Waals surface area contributed by atoms with E-state index in [1.54, 1.807) is 0 Å². The second kappa shape index (κ2) is 9.05. The van der Waals surface area contributed by atoms with Crippen LogP contribution in [0.1, 0.15) is 23.1 Å². The van der Waals surface area contributed by atoms with Crippen molar-refractivity contribution in [3.63, 3.8) is 0 Å². The number of aliphatic hydroxyl groups is 2. The summed E-state index contributed by atoms with van der Waals surface area (Å²) in [6, 6.07) is -1.76. The van der Waals surface area contributed by atoms with Crippen molar-refractivity contribution in [3.05, 3.63) is 12.0 Å². The summed E-state index contributed by atoms with van der Waals surface area (Å²) in [7, 11) is -4.87. The molecule has 0 aliphatic carbocycles. The Morgan fingerprint density at radius 3 is 2.47 bits per heavy atom. The fourth-order valence-electron chi connectivity index (χ4n) is 2.62. The number of carboxylic acids is 2. The van der Waals surface area contributed by atoms with E-state index < -0.39 is 80.8 Å². The molecule has 2 heterocycles. The molecular formula is C13H19N4O12P. The Morgan fingerprint density at radius 2 is 1.93 bits per heavy atom. The molecular weight excluding hydrogens is 435 g/mol. The lowest BCUT2D eigenvalue weighted by molar-refractivity contribution is -0.145. The molecule has 0 aromatic carbocycles. The van der Waals surface area contributed by atoms with Gasteiger partial charge in [0.15, 0.2) is 11.9 Å². The van der Waals surface area contributed by atoms with E-state index in [1.165, 1.54) is 0 Å². The zero-order valence-corrected chi connectivity index (χ0v) is 15.8. The van der Waals surface area contributed by atoms with Crippen LogP contribution in [0.15, 0.2) is 6.33 Å². The largest absolute Gasteiger partial charge is 0.481 e. The molecule has 1 aromatic heterocycles. The van der Waals surface area contributed by atoms with E-state index in [1.807, 2.05) is 5.32 Å². The summed E-state index contributed by atoms with van der Waals surface area (Å²) in [6.07, 6.45) is -6.03. The van der Waals surface area contributed by atoms with Gasteiger partial charge in [-0.05, 0) is 0 Å². The number of nitrogens with zero attached hydrogens (tertiary/aromatic N) is 2. The van der Waals surface area contributed by atoms with Gasteiger partial charge in [-0.1, -0.05) is 0 Å². The summed E-state index contributed by atoms with van der Waals surface area (Å²) in [5.41, 5.74) is 5.27. The molecule has 1 aliphatic rings. The van der Waals surface area contributed by atoms with E-state index in [2.05, 4.69) is 9.51 Å². The minimum atomic E-state index is -4.87. The number of nitrogen functional groups attached to an aromatic ring is 1. The highest BCUT2D eigenvalue weighted by atomic mass is 31.2. The number of phosphoric ester groups is 1. The number of carbonyl (C=O) groups excluding carboxylic acids is 1. The van der Waals surface area contributed by atoms with Gasteiger partial charge < -0.3 is 46.0 Å². The summed E-state index contributed by atoms with van der Waals surface area (Å²) in [5.74, 6) is -4.61. The molecule has 168 valence electrons. The van der Waals surface area contributed by atoms with Crippen LogP contribution in [0.25, 0.3) is 0 Å². The molecule has 1 fully saturated rings. The highest BCUT2D eigenvalue weighted by molar-refractivity contribution is 7.46. The van der Waals surface area contributed by atoms with Crippen molar-refractivity contribution in [2.45, 2.75) is 37.0 Å². The van der Waals surface area contributed by atoms with Crippen molar-refractivity contribution in [1.29, 1.82) is 0 Å². The van der Waals surface area contributed by atoms with E-state index in [0.717, 1.165) is 10.9 Å². The highest BCUT2D eigenvalue weighted by Crippen LogP contribution is 2.38. The van der Waals surface area contributed by atoms with Crippen LogP contribution in [0.4, 0.5) is 5.82 Å². The number of rotatable bonds is 9. The summed E-state index contributed by atoms with van der Waals surface area (Å²) in [4.78, 5) is 55.1. The normalized spacial score (nSPS) is 25.1. The standard InChI is InChI=1S/C13H19N4O12P/c14-10-7(11(22)16-4(13(23)24)1-6(18)19)15-3-17(10)12-9(21)8(20)5(29-12)2-28-30(25,26)27/h3-5,8-9,12,20-21H,1-2,14H2,(H,16,22)(H,18,19)(H,23,24)(H2,25,26,27)/t4?,5-,8-,9-,12?/m1/s1. The number of aliphatic carboxylic acids is 2. The number of carboxylic acid groups (broad SMARTS) is 2. The van der Waals surface area contributed by atoms with Crippen LogP contribution in [0.3, 0.4) is 0 Å². The van der Waals surface area contributed by atoms with Gasteiger partial charge in [0.25, 0.3) is 5.91 Å². The van der Waals surface area contributed by atoms with E-state index >= 15 is 0 Å². The van der Waals surface area contributed by atoms with Crippen molar-refractivity contribution in [2.24, 2.45) is 0 Å². The Labute approximate surface area is 167 Å². The van der Waals surface area contributed by atoms with Crippen LogP contribution in [0.5, 0.6) is 0 Å². The number of amides is 1. The maximum Gasteiger partial charge on any atom is 0.469 e. The number of anilines is 1. The van der Waals surface area contributed by atoms with Crippen LogP contribution in [-0.4, -0.2) is 88.6 Å². The van der Waals surface area contributed by atoms with Crippen LogP contribution in [0, 0.1) is 0 Å². The molecule has 0 radical (unpaired) electrons. The third-order valence-electron chi connectivity index (χ3n) is 4.05. The lowest BCUT2D eigenvalue weighted by Gasteiger charge is -2.18. The van der Waals surface area contributed by atoms with Gasteiger partial charge in [0.05, 0.1) is 19.4 Å². The fourth-order valence-corrected chi connectivity index (χ4v) is 2.96. The zero-order valence-electron chi connectivity index (χ0n) is 14.9. The second-order valence-corrected chi connectivity index (χ2v) is 7.42. The lowest BCUT2D eigenvalue weighted by atomic mass is 10.1. The van der Waals surface area contributed by atoms with Gasteiger partial charge in [0.2, 0.25) is 0 Å². The summed E-state index contributed by atoms with van der Waals surface area (Å²) >= 11 is 0. The van der Waals surface area contributed by atoms with Gasteiger partial charge in [-0.2, -0.15) is 0 Å². The summed E-state index contributed by atoms with van der Waals surface area (Å²) < 4.78 is 21.2. The average molecular weight is 454 g/mol. The molecule has 2 rings (SSSR count). The van der Waals surface area contributed by atoms with Gasteiger partial charge in [-0.25, -0.2) is 14.3 Å². The summed E-state index contributed by atoms with van der Waals surface area (Å²) in [5, 5.41) is 39.7. The van der Waals surface area contributed by atoms with E-state index in [-0.39, 0.29) is 0 Å². The molecule has 0 saturated carbocycles. The molecule has 9 N–H and O–H groups in total. The van der Waals surface area contributed by atoms with Crippen LogP contribution in [-0.2, 0) is 23.4 Å². The number of imidazole rings is 1. The summed E-state index contributed by atoms with van der Waals surface area (Å²) in [6.45, 7) is -0.767. The van der Waals surface area contributed by atoms with Crippen molar-refractivity contribution in [3.8, 4) is 0 Å². The smallest absolute Gasteiger partial charge is 0.469 e. The number of hydrogen-bond donors (Lipinski definition) is 8. The zero-order chi connectivity index (χ0) is 22.8. The van der Waals surface area contributed by atoms with Crippen molar-refractivity contribution in [2.75, 3.05) is 12.3 Å². The van der Waals surface area contributed by atoms with E-state index in [4.69, 9.17) is 30.5 Å². The molecule has 0 spiro atoms. The average Bonchev–Trinajstić information content (AvgIpc) is 3.12. The van der Waals surface area contributed by atoms with Crippen LogP contribution < -0.4 is 11.1 Å². The van der Waals surface area contributed by atoms with Gasteiger partial charge in [0, 0.05) is 0 Å². The maximum absolute atomic E-state index is 12.2. The molecule has 17 heteroatoms. The molecule has 1 aromatic rings. The monoisotopic (exact) mass is 454 g/mol. The van der Waals surface area contributed by atoms with Crippen LogP contribution >= 0.6 is 7.82 Å². The first-order valence-electron chi connectivity index (χ1n) is 8.11. The predicted octanol–water partition coefficient (Wildman–Crippen LogP) is -3.15. The molecule has 5 atom stereocenters. The third kappa shape index (κ3) is 5.51. The SMILES string of the molecule is Nc1c(C(=O)NC(CC(=O)O)C(=O)O)ncn1C1O[C@H](COP(=O)(O)O)[C@@H](O)[C@H]1O. The van der Waals surface area contributed by atoms with Crippen LogP contribution in [0.2, 0.25) is 0 Å². The number of aromatic nitrogens is 2. The number of aliphatic hydroxyl groups excluding tert-OH is 2. The van der Waals surface area contributed by atoms with Crippen molar-refractivity contribution >= 4 is 31.5 Å². The van der Waals surface area contributed by atoms with E-state index in [9.17, 15) is 29.2 Å². The quantitative estimate of drug-likeness (QED) is 0.171.